The summed E-state index contributed by atoms with van der Waals surface area (Å²) < 4.78 is 27.7. The van der Waals surface area contributed by atoms with Crippen LogP contribution >= 0.6 is 27.5 Å². The Hall–Kier alpha value is -0.140. The van der Waals surface area contributed by atoms with E-state index in [4.69, 9.17) is 16.7 Å². The molecule has 0 radical (unpaired) electrons. The molecule has 0 bridgehead atoms. The molecule has 1 aromatic carbocycles. The number of aliphatic hydroxyl groups excluding tert-OH is 1. The predicted octanol–water partition coefficient (Wildman–Crippen LogP) is 3.18. The lowest BCUT2D eigenvalue weighted by Gasteiger charge is -2.16. The molecule has 0 heterocycles. The summed E-state index contributed by atoms with van der Waals surface area (Å²) >= 11 is 9.20. The van der Waals surface area contributed by atoms with E-state index in [9.17, 15) is 8.42 Å². The topological polar surface area (TPSA) is 66.4 Å². The van der Waals surface area contributed by atoms with Gasteiger partial charge in [-0.3, -0.25) is 0 Å². The van der Waals surface area contributed by atoms with Crippen LogP contribution in [0, 0.1) is 5.92 Å². The Bertz CT molecular complexity index is 530. The molecular formula is C13H19BrClNO3S. The van der Waals surface area contributed by atoms with Crippen LogP contribution in [-0.4, -0.2) is 26.7 Å². The van der Waals surface area contributed by atoms with Crippen molar-refractivity contribution in [1.29, 1.82) is 0 Å². The highest BCUT2D eigenvalue weighted by Crippen LogP contribution is 2.25. The van der Waals surface area contributed by atoms with Gasteiger partial charge in [0.2, 0.25) is 10.0 Å². The Kier molecular flexibility index (Phi) is 7.47. The zero-order valence-electron chi connectivity index (χ0n) is 11.3. The first-order valence-electron chi connectivity index (χ1n) is 6.46. The van der Waals surface area contributed by atoms with Crippen molar-refractivity contribution in [3.05, 3.63) is 27.7 Å². The minimum atomic E-state index is -3.62. The van der Waals surface area contributed by atoms with Crippen molar-refractivity contribution in [2.24, 2.45) is 5.92 Å². The van der Waals surface area contributed by atoms with E-state index >= 15 is 0 Å². The Balaban J connectivity index is 2.78. The second kappa shape index (κ2) is 8.34. The quantitative estimate of drug-likeness (QED) is 0.723. The van der Waals surface area contributed by atoms with E-state index in [0.29, 0.717) is 13.0 Å². The molecule has 0 fully saturated rings. The van der Waals surface area contributed by atoms with Crippen molar-refractivity contribution < 1.29 is 13.5 Å². The number of benzene rings is 1. The second-order valence-corrected chi connectivity index (χ2v) is 7.65. The van der Waals surface area contributed by atoms with Crippen molar-refractivity contribution >= 4 is 37.6 Å². The van der Waals surface area contributed by atoms with Crippen molar-refractivity contribution in [2.45, 2.75) is 31.1 Å². The van der Waals surface area contributed by atoms with Crippen LogP contribution in [0.25, 0.3) is 0 Å². The van der Waals surface area contributed by atoms with Crippen molar-refractivity contribution in [3.8, 4) is 0 Å². The zero-order chi connectivity index (χ0) is 15.2. The summed E-state index contributed by atoms with van der Waals surface area (Å²) in [5.41, 5.74) is 0. The fourth-order valence-corrected chi connectivity index (χ4v) is 4.09. The van der Waals surface area contributed by atoms with E-state index in [2.05, 4.69) is 20.7 Å². The highest BCUT2D eigenvalue weighted by Gasteiger charge is 2.19. The van der Waals surface area contributed by atoms with Crippen LogP contribution < -0.4 is 4.72 Å². The van der Waals surface area contributed by atoms with Gasteiger partial charge in [-0.15, -0.1) is 0 Å². The number of hydrogen-bond acceptors (Lipinski definition) is 3. The third kappa shape index (κ3) is 5.33. The summed E-state index contributed by atoms with van der Waals surface area (Å²) in [4.78, 5) is 0.0709. The van der Waals surface area contributed by atoms with Crippen LogP contribution in [0.2, 0.25) is 5.02 Å². The van der Waals surface area contributed by atoms with Gasteiger partial charge in [-0.1, -0.05) is 40.9 Å². The standard InChI is InChI=1S/C13H19BrClNO3S/c1-2-3-10(6-7-17)9-16-20(18,19)13-5-4-11(14)8-12(13)15/h4-5,8,10,16-17H,2-3,6-7,9H2,1H3. The van der Waals surface area contributed by atoms with Gasteiger partial charge in [0, 0.05) is 17.6 Å². The van der Waals surface area contributed by atoms with Crippen LogP contribution in [0.1, 0.15) is 26.2 Å². The molecule has 114 valence electrons. The molecule has 0 aliphatic carbocycles. The first-order valence-corrected chi connectivity index (χ1v) is 9.11. The van der Waals surface area contributed by atoms with E-state index in [1.807, 2.05) is 6.92 Å². The summed E-state index contributed by atoms with van der Waals surface area (Å²) in [7, 11) is -3.62. The van der Waals surface area contributed by atoms with Crippen molar-refractivity contribution in [3.63, 3.8) is 0 Å². The monoisotopic (exact) mass is 383 g/mol. The highest BCUT2D eigenvalue weighted by atomic mass is 79.9. The van der Waals surface area contributed by atoms with Gasteiger partial charge >= 0.3 is 0 Å². The Morgan fingerprint density at radius 2 is 2.10 bits per heavy atom. The zero-order valence-corrected chi connectivity index (χ0v) is 14.4. The SMILES string of the molecule is CCCC(CCO)CNS(=O)(=O)c1ccc(Br)cc1Cl. The molecule has 1 aromatic rings. The Morgan fingerprint density at radius 3 is 2.65 bits per heavy atom. The largest absolute Gasteiger partial charge is 0.396 e. The number of nitrogens with one attached hydrogen (secondary N) is 1. The van der Waals surface area contributed by atoms with Crippen LogP contribution in [0.5, 0.6) is 0 Å². The van der Waals surface area contributed by atoms with Crippen LogP contribution in [0.4, 0.5) is 0 Å². The third-order valence-corrected chi connectivity index (χ3v) is 5.38. The number of rotatable bonds is 8. The van der Waals surface area contributed by atoms with Gasteiger partial charge in [-0.25, -0.2) is 13.1 Å². The number of halogens is 2. The molecule has 0 aromatic heterocycles. The fourth-order valence-electron chi connectivity index (χ4n) is 1.94. The number of sulfonamides is 1. The van der Waals surface area contributed by atoms with E-state index in [0.717, 1.165) is 17.3 Å². The van der Waals surface area contributed by atoms with Gasteiger partial charge in [0.15, 0.2) is 0 Å². The minimum Gasteiger partial charge on any atom is -0.396 e. The van der Waals surface area contributed by atoms with Gasteiger partial charge in [0.1, 0.15) is 4.90 Å². The van der Waals surface area contributed by atoms with Gasteiger partial charge in [-0.2, -0.15) is 0 Å². The molecule has 7 heteroatoms. The predicted molar refractivity (Wildman–Crippen MR) is 84.4 cm³/mol. The molecule has 20 heavy (non-hydrogen) atoms. The lowest BCUT2D eigenvalue weighted by atomic mass is 10.0. The molecule has 1 rings (SSSR count). The Labute approximate surface area is 133 Å². The molecule has 0 aliphatic rings. The molecule has 4 nitrogen and oxygen atoms in total. The summed E-state index contributed by atoms with van der Waals surface area (Å²) in [6, 6.07) is 4.65. The Morgan fingerprint density at radius 1 is 1.40 bits per heavy atom. The summed E-state index contributed by atoms with van der Waals surface area (Å²) in [6.45, 7) is 2.40. The number of aliphatic hydroxyl groups is 1. The maximum atomic E-state index is 12.2. The molecule has 0 aliphatic heterocycles. The lowest BCUT2D eigenvalue weighted by molar-refractivity contribution is 0.251. The third-order valence-electron chi connectivity index (χ3n) is 2.98. The maximum Gasteiger partial charge on any atom is 0.242 e. The lowest BCUT2D eigenvalue weighted by Crippen LogP contribution is -2.30. The highest BCUT2D eigenvalue weighted by molar-refractivity contribution is 9.10. The van der Waals surface area contributed by atoms with Crippen LogP contribution in [0.3, 0.4) is 0 Å². The van der Waals surface area contributed by atoms with E-state index in [1.54, 1.807) is 12.1 Å². The molecule has 1 atom stereocenters. The molecule has 0 spiro atoms. The summed E-state index contributed by atoms with van der Waals surface area (Å²) in [5, 5.41) is 9.16. The molecule has 1 unspecified atom stereocenters. The minimum absolute atomic E-state index is 0.0609. The molecule has 0 saturated heterocycles. The molecular weight excluding hydrogens is 366 g/mol. The first kappa shape index (κ1) is 17.9. The fraction of sp³-hybridized carbons (Fsp3) is 0.538. The average molecular weight is 385 g/mol. The van der Waals surface area contributed by atoms with Crippen LogP contribution in [-0.2, 0) is 10.0 Å². The van der Waals surface area contributed by atoms with Crippen LogP contribution in [0.15, 0.2) is 27.6 Å². The van der Waals surface area contributed by atoms with E-state index in [-0.39, 0.29) is 22.4 Å². The first-order chi connectivity index (χ1) is 9.40. The normalized spacial score (nSPS) is 13.4. The van der Waals surface area contributed by atoms with Crippen molar-refractivity contribution in [2.75, 3.05) is 13.2 Å². The smallest absolute Gasteiger partial charge is 0.242 e. The second-order valence-electron chi connectivity index (χ2n) is 4.59. The molecule has 0 saturated carbocycles. The van der Waals surface area contributed by atoms with Gasteiger partial charge in [0.05, 0.1) is 5.02 Å². The summed E-state index contributed by atoms with van der Waals surface area (Å²) in [6.07, 6.45) is 2.41. The molecule has 2 N–H and O–H groups in total. The van der Waals surface area contributed by atoms with E-state index in [1.165, 1.54) is 6.07 Å². The summed E-state index contributed by atoms with van der Waals surface area (Å²) in [5.74, 6) is 0.133. The molecule has 0 amide bonds. The van der Waals surface area contributed by atoms with Gasteiger partial charge in [0.25, 0.3) is 0 Å². The number of hydrogen-bond donors (Lipinski definition) is 2. The average Bonchev–Trinajstić information content (AvgIpc) is 2.36. The van der Waals surface area contributed by atoms with Gasteiger partial charge < -0.3 is 5.11 Å². The van der Waals surface area contributed by atoms with Crippen molar-refractivity contribution in [1.82, 2.24) is 4.72 Å². The van der Waals surface area contributed by atoms with Gasteiger partial charge in [-0.05, 0) is 37.0 Å². The maximum absolute atomic E-state index is 12.2. The van der Waals surface area contributed by atoms with E-state index < -0.39 is 10.0 Å².